The fourth-order valence-corrected chi connectivity index (χ4v) is 8.92. The molecule has 0 aromatic carbocycles. The van der Waals surface area contributed by atoms with E-state index < -0.39 is 0 Å². The number of ether oxygens (including phenoxy) is 2. The molecule has 0 saturated heterocycles. The monoisotopic (exact) mass is 804 g/mol. The lowest BCUT2D eigenvalue weighted by Crippen LogP contribution is -2.42. The van der Waals surface area contributed by atoms with Crippen LogP contribution in [0.4, 0.5) is 0 Å². The molecule has 0 radical (unpaired) electrons. The molecule has 1 rings (SSSR count). The normalized spacial score (nSPS) is 15.4. The molecule has 0 spiro atoms. The van der Waals surface area contributed by atoms with Gasteiger partial charge in [0.15, 0.2) is 0 Å². The third-order valence-corrected chi connectivity index (χ3v) is 13.0. The van der Waals surface area contributed by atoms with Gasteiger partial charge in [-0.15, -0.1) is 0 Å². The first-order valence-electron chi connectivity index (χ1n) is 26.1. The zero-order chi connectivity index (χ0) is 41.3. The first-order chi connectivity index (χ1) is 28.0. The number of hydrogen-bond donors (Lipinski definition) is 1. The summed E-state index contributed by atoms with van der Waals surface area (Å²) in [5.41, 5.74) is 0. The Morgan fingerprint density at radius 1 is 0.439 bits per heavy atom. The van der Waals surface area contributed by atoms with E-state index in [1.807, 2.05) is 0 Å². The van der Waals surface area contributed by atoms with Crippen LogP contribution < -0.4 is 5.32 Å². The van der Waals surface area contributed by atoms with Crippen LogP contribution in [0.15, 0.2) is 0 Å². The van der Waals surface area contributed by atoms with Gasteiger partial charge >= 0.3 is 11.9 Å². The van der Waals surface area contributed by atoms with E-state index in [1.54, 1.807) is 0 Å². The van der Waals surface area contributed by atoms with Gasteiger partial charge < -0.3 is 14.8 Å². The van der Waals surface area contributed by atoms with E-state index in [0.29, 0.717) is 49.9 Å². The van der Waals surface area contributed by atoms with Gasteiger partial charge in [0.05, 0.1) is 13.2 Å². The predicted octanol–water partition coefficient (Wildman–Crippen LogP) is 16.2. The summed E-state index contributed by atoms with van der Waals surface area (Å²) in [5.74, 6) is 1.63. The molecule has 1 N–H and O–H groups in total. The molecule has 0 unspecified atom stereocenters. The van der Waals surface area contributed by atoms with Gasteiger partial charge in [0.1, 0.15) is 0 Å². The summed E-state index contributed by atoms with van der Waals surface area (Å²) in [7, 11) is 0. The number of nitrogens with one attached hydrogen (secondary N) is 1. The molecule has 0 aromatic rings. The Kier molecular flexibility index (Phi) is 39.4. The van der Waals surface area contributed by atoms with Crippen LogP contribution in [-0.2, 0) is 19.1 Å². The molecule has 1 aliphatic rings. The molecule has 0 aromatic heterocycles. The third-order valence-electron chi connectivity index (χ3n) is 13.0. The van der Waals surface area contributed by atoms with Crippen LogP contribution in [0.3, 0.4) is 0 Å². The minimum Gasteiger partial charge on any atom is -0.465 e. The highest BCUT2D eigenvalue weighted by atomic mass is 16.5. The first kappa shape index (κ1) is 53.9. The maximum Gasteiger partial charge on any atom is 0.306 e. The topological polar surface area (TPSA) is 64.6 Å². The summed E-state index contributed by atoms with van der Waals surface area (Å²) in [6, 6.07) is 0.561. The molecular weight excluding hydrogens is 703 g/mol. The van der Waals surface area contributed by atoms with E-state index in [9.17, 15) is 9.59 Å². The van der Waals surface area contributed by atoms with Crippen molar-refractivity contribution >= 4 is 11.9 Å². The van der Waals surface area contributed by atoms with Gasteiger partial charge in [0, 0.05) is 18.9 Å². The second-order valence-corrected chi connectivity index (χ2v) is 18.7. The summed E-state index contributed by atoms with van der Waals surface area (Å²) in [4.78, 5) is 25.3. The van der Waals surface area contributed by atoms with Crippen molar-refractivity contribution in [3.05, 3.63) is 0 Å². The van der Waals surface area contributed by atoms with Gasteiger partial charge in [-0.1, -0.05) is 214 Å². The summed E-state index contributed by atoms with van der Waals surface area (Å²) in [6.07, 6.45) is 48.7. The number of carbonyl (C=O) groups is 2. The lowest BCUT2D eigenvalue weighted by atomic mass is 9.78. The molecule has 338 valence electrons. The molecule has 1 fully saturated rings. The van der Waals surface area contributed by atoms with Crippen LogP contribution in [0, 0.1) is 17.8 Å². The molecule has 1 aliphatic carbocycles. The molecule has 5 heteroatoms. The van der Waals surface area contributed by atoms with Crippen LogP contribution >= 0.6 is 0 Å². The maximum absolute atomic E-state index is 12.7. The van der Waals surface area contributed by atoms with Gasteiger partial charge in [-0.25, -0.2) is 0 Å². The minimum absolute atomic E-state index is 0.0189. The summed E-state index contributed by atoms with van der Waals surface area (Å²) in [6.45, 7) is 11.5. The molecule has 1 saturated carbocycles. The smallest absolute Gasteiger partial charge is 0.306 e. The van der Waals surface area contributed by atoms with Crippen LogP contribution in [-0.4, -0.2) is 37.7 Å². The maximum atomic E-state index is 12.7. The summed E-state index contributed by atoms with van der Waals surface area (Å²) < 4.78 is 11.7. The van der Waals surface area contributed by atoms with Crippen molar-refractivity contribution in [3.63, 3.8) is 0 Å². The number of esters is 2. The molecular formula is C52H101NO4. The SMILES string of the molecule is CCCCCCCCCC(CCCCCCCCC)COC(=O)CCCCCCCNC1CC(CC(=O)OCC(CCCCCCCC)CCCCCCCC)C1. The Balaban J connectivity index is 2.14. The van der Waals surface area contributed by atoms with E-state index in [4.69, 9.17) is 9.47 Å². The third kappa shape index (κ3) is 35.4. The molecule has 5 nitrogen and oxygen atoms in total. The fourth-order valence-electron chi connectivity index (χ4n) is 8.92. The Morgan fingerprint density at radius 3 is 1.18 bits per heavy atom. The Morgan fingerprint density at radius 2 is 0.772 bits per heavy atom. The Bertz CT molecular complexity index is 823. The molecule has 0 amide bonds. The van der Waals surface area contributed by atoms with Crippen molar-refractivity contribution in [2.45, 2.75) is 284 Å². The summed E-state index contributed by atoms with van der Waals surface area (Å²) >= 11 is 0. The van der Waals surface area contributed by atoms with Gasteiger partial charge in [-0.05, 0) is 75.7 Å². The van der Waals surface area contributed by atoms with Gasteiger partial charge in [0.25, 0.3) is 0 Å². The highest BCUT2D eigenvalue weighted by Crippen LogP contribution is 2.31. The number of unbranched alkanes of at least 4 members (excludes halogenated alkanes) is 26. The zero-order valence-electron chi connectivity index (χ0n) is 39.1. The highest BCUT2D eigenvalue weighted by molar-refractivity contribution is 5.70. The van der Waals surface area contributed by atoms with E-state index in [1.165, 1.54) is 212 Å². The molecule has 0 heterocycles. The standard InChI is InChI=1S/C52H101NO4/c1-5-9-13-17-21-26-32-36-47(37-33-27-22-18-14-10-6-2)45-56-51(54)40-34-28-23-29-35-41-53-50-42-49(43-50)44-52(55)57-46-48(38-30-24-19-15-11-7-3)39-31-25-20-16-12-8-4/h47-50,53H,5-46H2,1-4H3. The van der Waals surface area contributed by atoms with E-state index >= 15 is 0 Å². The second-order valence-electron chi connectivity index (χ2n) is 18.7. The number of hydrogen-bond acceptors (Lipinski definition) is 5. The average molecular weight is 804 g/mol. The van der Waals surface area contributed by atoms with E-state index in [0.717, 1.165) is 32.2 Å². The van der Waals surface area contributed by atoms with Crippen molar-refractivity contribution in [1.29, 1.82) is 0 Å². The van der Waals surface area contributed by atoms with Gasteiger partial charge in [0.2, 0.25) is 0 Å². The van der Waals surface area contributed by atoms with Crippen LogP contribution in [0.1, 0.15) is 278 Å². The lowest BCUT2D eigenvalue weighted by molar-refractivity contribution is -0.147. The Hall–Kier alpha value is -1.10. The number of carbonyl (C=O) groups excluding carboxylic acids is 2. The summed E-state index contributed by atoms with van der Waals surface area (Å²) in [5, 5.41) is 3.72. The van der Waals surface area contributed by atoms with Crippen LogP contribution in [0.25, 0.3) is 0 Å². The van der Waals surface area contributed by atoms with Crippen molar-refractivity contribution in [1.82, 2.24) is 5.32 Å². The average Bonchev–Trinajstić information content (AvgIpc) is 3.19. The quantitative estimate of drug-likeness (QED) is 0.0491. The molecule has 0 bridgehead atoms. The molecule has 0 atom stereocenters. The van der Waals surface area contributed by atoms with E-state index in [-0.39, 0.29) is 11.9 Å². The van der Waals surface area contributed by atoms with E-state index in [2.05, 4.69) is 33.0 Å². The highest BCUT2D eigenvalue weighted by Gasteiger charge is 2.30. The fraction of sp³-hybridized carbons (Fsp3) is 0.962. The first-order valence-corrected chi connectivity index (χ1v) is 26.1. The van der Waals surface area contributed by atoms with Crippen molar-refractivity contribution < 1.29 is 19.1 Å². The molecule has 0 aliphatic heterocycles. The second kappa shape index (κ2) is 41.6. The zero-order valence-corrected chi connectivity index (χ0v) is 39.1. The van der Waals surface area contributed by atoms with Crippen LogP contribution in [0.5, 0.6) is 0 Å². The van der Waals surface area contributed by atoms with Crippen molar-refractivity contribution in [2.24, 2.45) is 17.8 Å². The lowest BCUT2D eigenvalue weighted by Gasteiger charge is -2.35. The van der Waals surface area contributed by atoms with Crippen molar-refractivity contribution in [3.8, 4) is 0 Å². The van der Waals surface area contributed by atoms with Gasteiger partial charge in [-0.3, -0.25) is 9.59 Å². The largest absolute Gasteiger partial charge is 0.465 e. The Labute approximate surface area is 356 Å². The minimum atomic E-state index is 0.0189. The van der Waals surface area contributed by atoms with Gasteiger partial charge in [-0.2, -0.15) is 0 Å². The predicted molar refractivity (Wildman–Crippen MR) is 247 cm³/mol. The molecule has 57 heavy (non-hydrogen) atoms. The van der Waals surface area contributed by atoms with Crippen molar-refractivity contribution in [2.75, 3.05) is 19.8 Å². The number of rotatable bonds is 45. The van der Waals surface area contributed by atoms with Crippen LogP contribution in [0.2, 0.25) is 0 Å².